The average Bonchev–Trinajstić information content (AvgIpc) is 0.762. The van der Waals surface area contributed by atoms with Crippen LogP contribution in [0.4, 0.5) is 70.2 Å². The van der Waals surface area contributed by atoms with Gasteiger partial charge < -0.3 is 72.0 Å². The molecule has 0 aliphatic carbocycles. The first kappa shape index (κ1) is 79.9. The van der Waals surface area contributed by atoms with Crippen molar-refractivity contribution in [3.63, 3.8) is 0 Å². The predicted molar refractivity (Wildman–Crippen MR) is 271 cm³/mol. The number of rotatable bonds is 47. The zero-order valence-corrected chi connectivity index (χ0v) is 47.2. The Labute approximate surface area is 482 Å². The van der Waals surface area contributed by atoms with E-state index in [0.29, 0.717) is 58.0 Å². The number of halogens is 16. The highest BCUT2D eigenvalue weighted by atomic mass is 19.4. The van der Waals surface area contributed by atoms with Crippen molar-refractivity contribution < 1.29 is 135 Å². The molecule has 1 heterocycles. The van der Waals surface area contributed by atoms with Crippen LogP contribution in [-0.2, 0) is 23.9 Å². The highest BCUT2D eigenvalue weighted by molar-refractivity contribution is 5.87. The minimum atomic E-state index is -8.67. The second-order valence-corrected chi connectivity index (χ2v) is 21.4. The Hall–Kier alpha value is -3.15. The number of aliphatic hydroxyl groups excluding tert-OH is 8. The first-order valence-electron chi connectivity index (χ1n) is 28.6. The molecule has 0 aromatic heterocycles. The van der Waals surface area contributed by atoms with Crippen LogP contribution >= 0.6 is 0 Å². The molecular formula is C52H86F16N4O13. The van der Waals surface area contributed by atoms with Gasteiger partial charge in [0, 0.05) is 32.4 Å². The Morgan fingerprint density at radius 1 is 0.529 bits per heavy atom. The van der Waals surface area contributed by atoms with Gasteiger partial charge in [-0.25, -0.2) is 0 Å². The topological polar surface area (TPSA) is 294 Å². The number of nitrogens with two attached hydrogens (primary N) is 1. The maximum Gasteiger partial charge on any atom is 0.384 e. The average molecular weight is 1280 g/mol. The summed E-state index contributed by atoms with van der Waals surface area (Å²) in [4.78, 5) is 38.0. The van der Waals surface area contributed by atoms with E-state index >= 15 is 0 Å². The lowest BCUT2D eigenvalue weighted by Crippen LogP contribution is -2.74. The maximum absolute atomic E-state index is 14.6. The number of alkyl halides is 16. The van der Waals surface area contributed by atoms with Crippen molar-refractivity contribution in [3.05, 3.63) is 0 Å². The Kier molecular flexibility index (Phi) is 34.3. The highest BCUT2D eigenvalue weighted by Crippen LogP contribution is 2.64. The second-order valence-electron chi connectivity index (χ2n) is 21.4. The van der Waals surface area contributed by atoms with Crippen LogP contribution in [0.3, 0.4) is 0 Å². The largest absolute Gasteiger partial charge is 0.394 e. The normalized spacial score (nSPS) is 20.6. The number of unbranched alkanes of at least 4 members (excludes halogenated alkanes) is 17. The van der Waals surface area contributed by atoms with Gasteiger partial charge in [0.15, 0.2) is 12.4 Å². The van der Waals surface area contributed by atoms with Crippen LogP contribution in [0.15, 0.2) is 0 Å². The van der Waals surface area contributed by atoms with E-state index in [1.54, 1.807) is 0 Å². The molecule has 0 saturated carbocycles. The summed E-state index contributed by atoms with van der Waals surface area (Å²) in [5.41, 5.74) is 5.56. The van der Waals surface area contributed by atoms with Crippen LogP contribution in [0, 0.1) is 0 Å². The minimum absolute atomic E-state index is 0.0155. The Morgan fingerprint density at radius 2 is 0.953 bits per heavy atom. The van der Waals surface area contributed by atoms with E-state index in [1.807, 2.05) is 0 Å². The molecule has 0 aromatic carbocycles. The van der Waals surface area contributed by atoms with Gasteiger partial charge in [-0.1, -0.05) is 103 Å². The zero-order valence-electron chi connectivity index (χ0n) is 47.2. The lowest BCUT2D eigenvalue weighted by molar-refractivity contribution is -0.453. The summed E-state index contributed by atoms with van der Waals surface area (Å²) in [5, 5.41) is 86.4. The quantitative estimate of drug-likeness (QED) is 0.0221. The second kappa shape index (κ2) is 36.5. The molecule has 0 aromatic rings. The maximum atomic E-state index is 14.6. The summed E-state index contributed by atoms with van der Waals surface area (Å²) in [6.45, 7) is -1.00. The zero-order chi connectivity index (χ0) is 65.3. The van der Waals surface area contributed by atoms with Gasteiger partial charge in [0.1, 0.15) is 48.8 Å². The number of carbonyl (C=O) groups is 3. The van der Waals surface area contributed by atoms with E-state index in [2.05, 4.69) is 17.6 Å². The molecule has 3 amide bonds. The fourth-order valence-electron chi connectivity index (χ4n) is 9.03. The number of amides is 3. The number of aliphatic hydroxyl groups is 8. The number of nitrogens with one attached hydrogen (secondary N) is 3. The lowest BCUT2D eigenvalue weighted by atomic mass is 9.86. The van der Waals surface area contributed by atoms with Crippen molar-refractivity contribution in [1.82, 2.24) is 16.0 Å². The van der Waals surface area contributed by atoms with Crippen LogP contribution in [-0.4, -0.2) is 200 Å². The molecule has 85 heavy (non-hydrogen) atoms. The Morgan fingerprint density at radius 3 is 1.42 bits per heavy atom. The number of hydrogen-bond donors (Lipinski definition) is 12. The van der Waals surface area contributed by atoms with Crippen LogP contribution in [0.5, 0.6) is 0 Å². The van der Waals surface area contributed by atoms with Crippen LogP contribution in [0.25, 0.3) is 0 Å². The minimum Gasteiger partial charge on any atom is -0.394 e. The van der Waals surface area contributed by atoms with Gasteiger partial charge in [0.2, 0.25) is 11.8 Å². The summed E-state index contributed by atoms with van der Waals surface area (Å²) < 4.78 is 244. The van der Waals surface area contributed by atoms with Crippen LogP contribution in [0.2, 0.25) is 0 Å². The third kappa shape index (κ3) is 21.8. The summed E-state index contributed by atoms with van der Waals surface area (Å²) >= 11 is 0. The summed E-state index contributed by atoms with van der Waals surface area (Å²) in [6, 6.07) is -0.794. The van der Waals surface area contributed by atoms with Crippen molar-refractivity contribution in [2.24, 2.45) is 5.73 Å². The van der Waals surface area contributed by atoms with E-state index in [-0.39, 0.29) is 25.2 Å². The molecule has 504 valence electrons. The molecule has 0 bridgehead atoms. The van der Waals surface area contributed by atoms with Crippen molar-refractivity contribution in [2.45, 2.75) is 276 Å². The van der Waals surface area contributed by atoms with Gasteiger partial charge in [0.25, 0.3) is 5.91 Å². The first-order chi connectivity index (χ1) is 39.4. The van der Waals surface area contributed by atoms with E-state index in [4.69, 9.17) is 15.2 Å². The van der Waals surface area contributed by atoms with Crippen molar-refractivity contribution >= 4 is 17.7 Å². The van der Waals surface area contributed by atoms with E-state index in [9.17, 15) is 125 Å². The molecule has 17 nitrogen and oxygen atoms in total. The molecule has 1 aliphatic rings. The van der Waals surface area contributed by atoms with Crippen molar-refractivity contribution in [3.8, 4) is 0 Å². The summed E-state index contributed by atoms with van der Waals surface area (Å²) in [5.74, 6) is -65.7. The van der Waals surface area contributed by atoms with Gasteiger partial charge in [-0.05, 0) is 51.5 Å². The number of carbonyl (C=O) groups excluding carboxylic acids is 3. The van der Waals surface area contributed by atoms with Gasteiger partial charge in [-0.3, -0.25) is 14.4 Å². The molecule has 1 fully saturated rings. The van der Waals surface area contributed by atoms with Crippen LogP contribution in [0.1, 0.15) is 167 Å². The van der Waals surface area contributed by atoms with Gasteiger partial charge in [0.05, 0.1) is 13.2 Å². The Balaban J connectivity index is 2.77. The fraction of sp³-hybridized carbons (Fsp3) is 0.942. The monoisotopic (exact) mass is 1280 g/mol. The van der Waals surface area contributed by atoms with Crippen molar-refractivity contribution in [1.29, 1.82) is 0 Å². The van der Waals surface area contributed by atoms with Gasteiger partial charge in [-0.15, -0.1) is 0 Å². The SMILES string of the molecule is CCCCCCCCCCCCNC(=O)[C@H](CCCCN)NC(=O)CCCCCCCCCCC(F)(F)C(F)(F)C(F)(F)C(F)(F)C(F)(F)C(F)(F)C(F)(F)C(F)(F)CCCNC(=O)[C@H](O)[C@@H](O)[C@H](O[C@@H]1O[C@H](CO)[C@H](O)[C@H](O)[C@H]1O)[C@H](O)CO. The predicted octanol–water partition coefficient (Wildman–Crippen LogP) is 6.78. The summed E-state index contributed by atoms with van der Waals surface area (Å²) in [6.07, 6.45) is -15.6. The molecule has 10 atom stereocenters. The molecule has 13 N–H and O–H groups in total. The molecule has 1 aliphatic heterocycles. The molecule has 1 rings (SSSR count). The third-order valence-corrected chi connectivity index (χ3v) is 14.6. The van der Waals surface area contributed by atoms with Crippen LogP contribution < -0.4 is 21.7 Å². The summed E-state index contributed by atoms with van der Waals surface area (Å²) in [7, 11) is 0. The van der Waals surface area contributed by atoms with E-state index < -0.39 is 172 Å². The lowest BCUT2D eigenvalue weighted by Gasteiger charge is -2.43. The molecule has 33 heteroatoms. The van der Waals surface area contributed by atoms with E-state index in [0.717, 1.165) is 32.1 Å². The molecule has 0 radical (unpaired) electrons. The molecule has 0 spiro atoms. The van der Waals surface area contributed by atoms with Gasteiger partial charge in [-0.2, -0.15) is 70.2 Å². The first-order valence-corrected chi connectivity index (χ1v) is 28.6. The highest BCUT2D eigenvalue weighted by Gasteiger charge is 2.94. The third-order valence-electron chi connectivity index (χ3n) is 14.6. The van der Waals surface area contributed by atoms with Crippen molar-refractivity contribution in [2.75, 3.05) is 32.8 Å². The van der Waals surface area contributed by atoms with E-state index in [1.165, 1.54) is 37.4 Å². The standard InChI is InChI=1S/C52H86F16N4O13/c1-2-3-4-5-6-7-10-13-16-21-28-70-42(82)32(23-18-20-27-69)72-35(76)24-17-14-11-8-9-12-15-19-25-45(53,54)47(57,58)49(61,62)51(65,66)52(67,68)50(63,64)48(59,60)46(55,56)26-22-29-71-43(83)39(80)38(79)41(33(75)30-73)85-44-40(81)37(78)36(77)34(31-74)84-44/h32-34,36-41,44,73-75,77-81H,2-31,69H2,1H3,(H,70,82)(H,71,83)(H,72,76)/t32-,33+,34+,36-,37-,38+,39+,40+,41+,44-/m0/s1. The number of ether oxygens (including phenoxy) is 2. The molecular weight excluding hydrogens is 1190 g/mol. The fourth-order valence-corrected chi connectivity index (χ4v) is 9.03. The number of hydrogen-bond acceptors (Lipinski definition) is 14. The Bertz CT molecular complexity index is 1930. The van der Waals surface area contributed by atoms with Gasteiger partial charge >= 0.3 is 47.4 Å². The molecule has 0 unspecified atom stereocenters. The smallest absolute Gasteiger partial charge is 0.384 e. The molecule has 1 saturated heterocycles.